The number of hydrogen-bond donors (Lipinski definition) is 2. The number of amides is 1. The fourth-order valence-corrected chi connectivity index (χ4v) is 5.39. The average molecular weight is 581 g/mol. The van der Waals surface area contributed by atoms with Gasteiger partial charge in [0.1, 0.15) is 6.61 Å². The lowest BCUT2D eigenvalue weighted by atomic mass is 9.98. The van der Waals surface area contributed by atoms with E-state index in [0.717, 1.165) is 28.8 Å². The highest BCUT2D eigenvalue weighted by Crippen LogP contribution is 2.38. The van der Waals surface area contributed by atoms with Crippen molar-refractivity contribution >= 4 is 16.9 Å². The van der Waals surface area contributed by atoms with Gasteiger partial charge in [-0.3, -0.25) is 4.90 Å². The fourth-order valence-electron chi connectivity index (χ4n) is 5.39. The molecule has 1 fully saturated rings. The molecule has 1 aliphatic heterocycles. The normalized spacial score (nSPS) is 19.2. The van der Waals surface area contributed by atoms with Gasteiger partial charge in [-0.15, -0.1) is 0 Å². The molecule has 4 aromatic rings. The molecule has 0 unspecified atom stereocenters. The van der Waals surface area contributed by atoms with Crippen LogP contribution in [0.2, 0.25) is 0 Å². The zero-order valence-corrected chi connectivity index (χ0v) is 24.8. The topological polar surface area (TPSA) is 80.3 Å². The predicted octanol–water partition coefficient (Wildman–Crippen LogP) is 6.98. The van der Waals surface area contributed by atoms with Gasteiger partial charge in [-0.25, -0.2) is 4.79 Å². The Kier molecular flexibility index (Phi) is 10.2. The van der Waals surface area contributed by atoms with Crippen LogP contribution in [0.15, 0.2) is 104 Å². The van der Waals surface area contributed by atoms with E-state index in [1.807, 2.05) is 48.5 Å². The van der Waals surface area contributed by atoms with Crippen molar-refractivity contribution < 1.29 is 24.1 Å². The van der Waals surface area contributed by atoms with E-state index in [1.165, 1.54) is 22.4 Å². The molecule has 224 valence electrons. The lowest BCUT2D eigenvalue weighted by Crippen LogP contribution is -2.38. The van der Waals surface area contributed by atoms with Crippen molar-refractivity contribution in [2.75, 3.05) is 20.2 Å². The summed E-state index contributed by atoms with van der Waals surface area (Å²) in [5, 5.41) is 14.7. The molecule has 2 N–H and O–H groups in total. The second kappa shape index (κ2) is 14.4. The zero-order chi connectivity index (χ0) is 30.2. The number of aliphatic hydroxyl groups is 1. The van der Waals surface area contributed by atoms with E-state index >= 15 is 0 Å². The first-order valence-electron chi connectivity index (χ1n) is 14.7. The summed E-state index contributed by atoms with van der Waals surface area (Å²) in [5.74, 6) is 0. The number of likely N-dealkylation sites (N-methyl/N-ethyl adjacent to an activating group) is 1. The third kappa shape index (κ3) is 7.89. The van der Waals surface area contributed by atoms with Crippen molar-refractivity contribution in [2.45, 2.75) is 51.0 Å². The molecule has 1 heterocycles. The molecule has 4 aromatic carbocycles. The number of carbonyl (C=O) groups is 1. The molecule has 1 amide bonds. The minimum Gasteiger partial charge on any atom is -0.445 e. The Labute approximate surface area is 253 Å². The van der Waals surface area contributed by atoms with Crippen molar-refractivity contribution in [3.05, 3.63) is 131 Å². The summed E-state index contributed by atoms with van der Waals surface area (Å²) in [5.41, 5.74) is 5.03. The minimum atomic E-state index is -0.551. The van der Waals surface area contributed by atoms with Crippen LogP contribution in [-0.4, -0.2) is 42.4 Å². The summed E-state index contributed by atoms with van der Waals surface area (Å²) in [6.07, 6.45) is 0.964. The summed E-state index contributed by atoms with van der Waals surface area (Å²) >= 11 is 0. The van der Waals surface area contributed by atoms with Crippen LogP contribution in [0.1, 0.15) is 59.6 Å². The van der Waals surface area contributed by atoms with Gasteiger partial charge in [0.25, 0.3) is 0 Å². The predicted molar refractivity (Wildman–Crippen MR) is 168 cm³/mol. The molecule has 0 saturated carbocycles. The molecule has 7 heteroatoms. The maximum absolute atomic E-state index is 11.8. The Hall–Kier alpha value is -4.01. The maximum atomic E-state index is 11.8. The van der Waals surface area contributed by atoms with E-state index < -0.39 is 12.4 Å². The van der Waals surface area contributed by atoms with Gasteiger partial charge < -0.3 is 24.6 Å². The van der Waals surface area contributed by atoms with Crippen molar-refractivity contribution in [1.29, 1.82) is 0 Å². The van der Waals surface area contributed by atoms with Crippen molar-refractivity contribution in [1.82, 2.24) is 10.2 Å². The van der Waals surface area contributed by atoms with Crippen LogP contribution >= 0.6 is 0 Å². The lowest BCUT2D eigenvalue weighted by Gasteiger charge is -2.39. The largest absolute Gasteiger partial charge is 0.445 e. The molecule has 0 spiro atoms. The van der Waals surface area contributed by atoms with Gasteiger partial charge in [-0.1, -0.05) is 97.6 Å². The van der Waals surface area contributed by atoms with Crippen molar-refractivity contribution in [3.8, 4) is 0 Å². The number of fused-ring (bicyclic) bond motifs is 1. The lowest BCUT2D eigenvalue weighted by molar-refractivity contribution is -0.253. The number of carbonyl (C=O) groups excluding carboxylic acids is 1. The molecule has 0 bridgehead atoms. The molecule has 1 aliphatic rings. The SMILES string of the molecule is C=CCOC(=O)NCc1ccc([C@H]2O[C@@H](CN(C)[C@H](C)c3ccc4ccccc4c3)C[C@@H](c3ccc(CO)cc3)O2)cc1. The van der Waals surface area contributed by atoms with Crippen LogP contribution in [0, 0.1) is 0 Å². The van der Waals surface area contributed by atoms with Crippen LogP contribution in [0.4, 0.5) is 4.79 Å². The van der Waals surface area contributed by atoms with Gasteiger partial charge >= 0.3 is 6.09 Å². The first kappa shape index (κ1) is 30.4. The van der Waals surface area contributed by atoms with Crippen LogP contribution in [0.5, 0.6) is 0 Å². The highest BCUT2D eigenvalue weighted by molar-refractivity contribution is 5.83. The molecule has 0 aromatic heterocycles. The van der Waals surface area contributed by atoms with Crippen molar-refractivity contribution in [2.24, 2.45) is 0 Å². The monoisotopic (exact) mass is 580 g/mol. The minimum absolute atomic E-state index is 0.00477. The second-order valence-electron chi connectivity index (χ2n) is 11.1. The van der Waals surface area contributed by atoms with E-state index in [0.29, 0.717) is 13.0 Å². The Morgan fingerprint density at radius 3 is 2.42 bits per heavy atom. The van der Waals surface area contributed by atoms with E-state index in [9.17, 15) is 9.90 Å². The quantitative estimate of drug-likeness (QED) is 0.186. The van der Waals surface area contributed by atoms with Crippen LogP contribution in [0.25, 0.3) is 10.8 Å². The molecule has 0 aliphatic carbocycles. The Bertz CT molecular complexity index is 1500. The van der Waals surface area contributed by atoms with Gasteiger partial charge in [-0.05, 0) is 53.1 Å². The van der Waals surface area contributed by atoms with Crippen LogP contribution in [0.3, 0.4) is 0 Å². The molecular weight excluding hydrogens is 540 g/mol. The molecule has 7 nitrogen and oxygen atoms in total. The smallest absolute Gasteiger partial charge is 0.407 e. The van der Waals surface area contributed by atoms with Crippen LogP contribution in [-0.2, 0) is 27.4 Å². The van der Waals surface area contributed by atoms with Crippen molar-refractivity contribution in [3.63, 3.8) is 0 Å². The van der Waals surface area contributed by atoms with Gasteiger partial charge in [-0.2, -0.15) is 0 Å². The summed E-state index contributed by atoms with van der Waals surface area (Å²) in [7, 11) is 2.14. The third-order valence-corrected chi connectivity index (χ3v) is 8.04. The number of ether oxygens (including phenoxy) is 3. The number of alkyl carbamates (subject to hydrolysis) is 1. The number of nitrogens with one attached hydrogen (secondary N) is 1. The number of rotatable bonds is 11. The number of hydrogen-bond acceptors (Lipinski definition) is 6. The highest BCUT2D eigenvalue weighted by atomic mass is 16.7. The average Bonchev–Trinajstić information content (AvgIpc) is 3.05. The molecular formula is C36H40N2O5. The highest BCUT2D eigenvalue weighted by Gasteiger charge is 2.33. The number of nitrogens with zero attached hydrogens (tertiary/aromatic N) is 1. The fraction of sp³-hybridized carbons (Fsp3) is 0.306. The second-order valence-corrected chi connectivity index (χ2v) is 11.1. The summed E-state index contributed by atoms with van der Waals surface area (Å²) < 4.78 is 18.1. The molecule has 5 rings (SSSR count). The standard InChI is InChI=1S/C36H40N2O5/c1-4-19-41-36(40)37-22-26-9-15-30(16-10-26)35-42-33(21-34(43-35)29-13-11-27(24-39)12-14-29)23-38(3)25(2)31-18-17-28-7-5-6-8-32(28)20-31/h4-18,20,25,33-35,39H,1,19,21-24H2,2-3H3,(H,37,40)/t25-,33-,34+,35+/m1/s1. The van der Waals surface area contributed by atoms with E-state index in [4.69, 9.17) is 14.2 Å². The summed E-state index contributed by atoms with van der Waals surface area (Å²) in [6, 6.07) is 31.1. The van der Waals surface area contributed by atoms with Gasteiger partial charge in [0.05, 0.1) is 18.8 Å². The van der Waals surface area contributed by atoms with Gasteiger partial charge in [0.15, 0.2) is 6.29 Å². The maximum Gasteiger partial charge on any atom is 0.407 e. The molecule has 4 atom stereocenters. The Morgan fingerprint density at radius 1 is 1.00 bits per heavy atom. The summed E-state index contributed by atoms with van der Waals surface area (Å²) in [6.45, 7) is 7.03. The molecule has 0 radical (unpaired) electrons. The Balaban J connectivity index is 1.30. The summed E-state index contributed by atoms with van der Waals surface area (Å²) in [4.78, 5) is 14.1. The van der Waals surface area contributed by atoms with Gasteiger partial charge in [0.2, 0.25) is 0 Å². The molecule has 1 saturated heterocycles. The van der Waals surface area contributed by atoms with E-state index in [1.54, 1.807) is 0 Å². The third-order valence-electron chi connectivity index (χ3n) is 8.04. The number of aliphatic hydroxyl groups excluding tert-OH is 1. The number of benzene rings is 4. The van der Waals surface area contributed by atoms with E-state index in [2.05, 4.69) is 73.2 Å². The van der Waals surface area contributed by atoms with Gasteiger partial charge in [0, 0.05) is 31.1 Å². The first-order valence-corrected chi connectivity index (χ1v) is 14.7. The van der Waals surface area contributed by atoms with E-state index in [-0.39, 0.29) is 31.5 Å². The van der Waals surface area contributed by atoms with Crippen LogP contribution < -0.4 is 5.32 Å². The first-order chi connectivity index (χ1) is 20.9. The molecule has 43 heavy (non-hydrogen) atoms. The zero-order valence-electron chi connectivity index (χ0n) is 24.8. The Morgan fingerprint density at radius 2 is 1.70 bits per heavy atom.